The van der Waals surface area contributed by atoms with Gasteiger partial charge in [-0.3, -0.25) is 4.79 Å². The summed E-state index contributed by atoms with van der Waals surface area (Å²) >= 11 is 11.6. The van der Waals surface area contributed by atoms with Gasteiger partial charge in [0.1, 0.15) is 0 Å². The molecule has 1 saturated heterocycles. The number of hydrogen-bond donors (Lipinski definition) is 1. The molecule has 2 nitrogen and oxygen atoms in total. The molecule has 1 aromatic rings. The van der Waals surface area contributed by atoms with Crippen molar-refractivity contribution >= 4 is 29.1 Å². The lowest BCUT2D eigenvalue weighted by Gasteiger charge is -2.39. The first-order valence-corrected chi connectivity index (χ1v) is 4.61. The van der Waals surface area contributed by atoms with Gasteiger partial charge in [0.25, 0.3) is 5.91 Å². The minimum atomic E-state index is -1.30. The molecule has 1 fully saturated rings. The number of alkyl halides is 2. The third kappa shape index (κ3) is 1.30. The van der Waals surface area contributed by atoms with Crippen LogP contribution in [-0.4, -0.2) is 10.2 Å². The van der Waals surface area contributed by atoms with Gasteiger partial charge in [-0.1, -0.05) is 53.5 Å². The molecule has 1 aliphatic heterocycles. The molecule has 1 N–H and O–H groups in total. The summed E-state index contributed by atoms with van der Waals surface area (Å²) in [6, 6.07) is 9.12. The molecule has 1 aliphatic rings. The van der Waals surface area contributed by atoms with E-state index in [9.17, 15) is 4.79 Å². The summed E-state index contributed by atoms with van der Waals surface area (Å²) < 4.78 is -1.30. The first-order chi connectivity index (χ1) is 6.12. The van der Waals surface area contributed by atoms with Crippen molar-refractivity contribution in [3.63, 3.8) is 0 Å². The molecule has 0 aliphatic carbocycles. The molecule has 0 saturated carbocycles. The lowest BCUT2D eigenvalue weighted by Crippen LogP contribution is -2.59. The van der Waals surface area contributed by atoms with Crippen molar-refractivity contribution in [1.29, 1.82) is 0 Å². The van der Waals surface area contributed by atoms with Gasteiger partial charge in [0.15, 0.2) is 0 Å². The summed E-state index contributed by atoms with van der Waals surface area (Å²) in [5.74, 6) is -0.329. The Balaban J connectivity index is 2.27. The quantitative estimate of drug-likeness (QED) is 0.564. The van der Waals surface area contributed by atoms with Crippen LogP contribution in [0.25, 0.3) is 0 Å². The summed E-state index contributed by atoms with van der Waals surface area (Å²) in [6.45, 7) is 0. The van der Waals surface area contributed by atoms with E-state index < -0.39 is 4.33 Å². The molecule has 1 aromatic carbocycles. The van der Waals surface area contributed by atoms with Crippen LogP contribution in [0.1, 0.15) is 11.6 Å². The number of carbonyl (C=O) groups excluding carboxylic acids is 1. The van der Waals surface area contributed by atoms with Gasteiger partial charge in [-0.2, -0.15) is 0 Å². The van der Waals surface area contributed by atoms with E-state index >= 15 is 0 Å². The molecule has 1 heterocycles. The highest BCUT2D eigenvalue weighted by Crippen LogP contribution is 2.43. The Labute approximate surface area is 85.8 Å². The van der Waals surface area contributed by atoms with Crippen molar-refractivity contribution in [2.24, 2.45) is 0 Å². The Bertz CT molecular complexity index is 337. The molecule has 13 heavy (non-hydrogen) atoms. The molecule has 68 valence electrons. The zero-order chi connectivity index (χ0) is 9.47. The van der Waals surface area contributed by atoms with Crippen LogP contribution < -0.4 is 5.32 Å². The summed E-state index contributed by atoms with van der Waals surface area (Å²) in [4.78, 5) is 11.0. The fraction of sp³-hybridized carbons (Fsp3) is 0.222. The average Bonchev–Trinajstić information content (AvgIpc) is 2.15. The molecule has 0 spiro atoms. The molecular weight excluding hydrogens is 209 g/mol. The van der Waals surface area contributed by atoms with Crippen molar-refractivity contribution in [2.75, 3.05) is 0 Å². The minimum Gasteiger partial charge on any atom is -0.343 e. The number of carbonyl (C=O) groups is 1. The van der Waals surface area contributed by atoms with Crippen LogP contribution in [0.2, 0.25) is 0 Å². The Hall–Kier alpha value is -0.730. The largest absolute Gasteiger partial charge is 0.343 e. The zero-order valence-electron chi connectivity index (χ0n) is 6.63. The second-order valence-corrected chi connectivity index (χ2v) is 4.33. The van der Waals surface area contributed by atoms with Crippen molar-refractivity contribution in [3.05, 3.63) is 35.9 Å². The number of hydrogen-bond acceptors (Lipinski definition) is 1. The summed E-state index contributed by atoms with van der Waals surface area (Å²) in [7, 11) is 0. The normalized spacial score (nSPS) is 24.8. The van der Waals surface area contributed by atoms with Gasteiger partial charge in [-0.05, 0) is 5.56 Å². The lowest BCUT2D eigenvalue weighted by atomic mass is 9.96. The fourth-order valence-electron chi connectivity index (χ4n) is 1.31. The molecule has 0 aromatic heterocycles. The molecule has 1 atom stereocenters. The Kier molecular flexibility index (Phi) is 1.97. The van der Waals surface area contributed by atoms with Gasteiger partial charge < -0.3 is 5.32 Å². The average molecular weight is 216 g/mol. The molecule has 0 bridgehead atoms. The van der Waals surface area contributed by atoms with Crippen LogP contribution >= 0.6 is 23.2 Å². The van der Waals surface area contributed by atoms with E-state index in [1.54, 1.807) is 0 Å². The molecule has 0 radical (unpaired) electrons. The third-order valence-corrected chi connectivity index (χ3v) is 2.85. The highest BCUT2D eigenvalue weighted by molar-refractivity contribution is 6.60. The van der Waals surface area contributed by atoms with Gasteiger partial charge in [-0.25, -0.2) is 0 Å². The van der Waals surface area contributed by atoms with E-state index in [0.717, 1.165) is 5.56 Å². The van der Waals surface area contributed by atoms with Gasteiger partial charge in [0, 0.05) is 0 Å². The maximum absolute atomic E-state index is 11.0. The molecule has 1 amide bonds. The summed E-state index contributed by atoms with van der Waals surface area (Å²) in [6.07, 6.45) is 0. The lowest BCUT2D eigenvalue weighted by molar-refractivity contribution is -0.129. The second-order valence-electron chi connectivity index (χ2n) is 2.94. The number of halogens is 2. The number of benzene rings is 1. The molecule has 0 unspecified atom stereocenters. The number of β-lactam (4-membered cyclic amide) rings is 1. The van der Waals surface area contributed by atoms with Crippen LogP contribution in [0, 0.1) is 0 Å². The van der Waals surface area contributed by atoms with Gasteiger partial charge in [0.05, 0.1) is 6.04 Å². The van der Waals surface area contributed by atoms with E-state index in [4.69, 9.17) is 23.2 Å². The maximum Gasteiger partial charge on any atom is 0.259 e. The highest BCUT2D eigenvalue weighted by Gasteiger charge is 2.53. The number of nitrogens with one attached hydrogen (secondary N) is 1. The van der Waals surface area contributed by atoms with Crippen molar-refractivity contribution in [3.8, 4) is 0 Å². The van der Waals surface area contributed by atoms with E-state index in [1.807, 2.05) is 30.3 Å². The smallest absolute Gasteiger partial charge is 0.259 e. The van der Waals surface area contributed by atoms with Crippen LogP contribution in [0.15, 0.2) is 30.3 Å². The standard InChI is InChI=1S/C9H7Cl2NO/c10-9(11)7(12-8(9)13)6-4-2-1-3-5-6/h1-5,7H,(H,12,13)/t7-/m1/s1. The van der Waals surface area contributed by atoms with Crippen molar-refractivity contribution in [2.45, 2.75) is 10.4 Å². The van der Waals surface area contributed by atoms with Crippen LogP contribution in [0.3, 0.4) is 0 Å². The predicted octanol–water partition coefficient (Wildman–Crippen LogP) is 2.03. The van der Waals surface area contributed by atoms with Crippen LogP contribution in [-0.2, 0) is 4.79 Å². The highest BCUT2D eigenvalue weighted by atomic mass is 35.5. The van der Waals surface area contributed by atoms with Crippen molar-refractivity contribution < 1.29 is 4.79 Å². The van der Waals surface area contributed by atoms with Gasteiger partial charge >= 0.3 is 0 Å². The number of rotatable bonds is 1. The second kappa shape index (κ2) is 2.89. The zero-order valence-corrected chi connectivity index (χ0v) is 8.14. The Morgan fingerprint density at radius 2 is 1.85 bits per heavy atom. The Morgan fingerprint density at radius 1 is 1.23 bits per heavy atom. The Morgan fingerprint density at radius 3 is 2.31 bits per heavy atom. The van der Waals surface area contributed by atoms with E-state index in [1.165, 1.54) is 0 Å². The molecule has 2 rings (SSSR count). The van der Waals surface area contributed by atoms with Crippen LogP contribution in [0.5, 0.6) is 0 Å². The van der Waals surface area contributed by atoms with E-state index in [0.29, 0.717) is 0 Å². The summed E-state index contributed by atoms with van der Waals surface area (Å²) in [5.41, 5.74) is 0.923. The first-order valence-electron chi connectivity index (χ1n) is 3.86. The number of amides is 1. The molecular formula is C9H7Cl2NO. The topological polar surface area (TPSA) is 29.1 Å². The van der Waals surface area contributed by atoms with E-state index in [2.05, 4.69) is 5.32 Å². The van der Waals surface area contributed by atoms with Gasteiger partial charge in [0.2, 0.25) is 4.33 Å². The monoisotopic (exact) mass is 215 g/mol. The van der Waals surface area contributed by atoms with Crippen LogP contribution in [0.4, 0.5) is 0 Å². The first kappa shape index (κ1) is 8.85. The van der Waals surface area contributed by atoms with E-state index in [-0.39, 0.29) is 11.9 Å². The SMILES string of the molecule is O=C1N[C@H](c2ccccc2)C1(Cl)Cl. The van der Waals surface area contributed by atoms with Crippen molar-refractivity contribution in [1.82, 2.24) is 5.32 Å². The molecule has 4 heteroatoms. The predicted molar refractivity (Wildman–Crippen MR) is 51.8 cm³/mol. The van der Waals surface area contributed by atoms with Gasteiger partial charge in [-0.15, -0.1) is 0 Å². The summed E-state index contributed by atoms with van der Waals surface area (Å²) in [5, 5.41) is 2.65. The third-order valence-electron chi connectivity index (χ3n) is 2.07. The minimum absolute atomic E-state index is 0.287. The maximum atomic E-state index is 11.0. The fourth-order valence-corrected chi connectivity index (χ4v) is 1.78.